The molecule has 2 bridgehead atoms. The molecule has 9 nitrogen and oxygen atoms in total. The standard InChI is InChI=1S/C26H28N6O3/c27-26-23(12-22(29-30-26)21-3-1-2-4-24(21)34)31-13-18-5-6-19(14-31)32(18)17-7-8-28-25(11-17)35-20-9-16(10-20)15-33/h1-4,7-8,11-12,15-16,18-20,34H,5-6,9-10,13-14H2,(H2,27,30). The van der Waals surface area contributed by atoms with Gasteiger partial charge in [0, 0.05) is 54.6 Å². The van der Waals surface area contributed by atoms with Crippen molar-refractivity contribution in [2.75, 3.05) is 28.6 Å². The predicted octanol–water partition coefficient (Wildman–Crippen LogP) is 3.04. The van der Waals surface area contributed by atoms with Crippen LogP contribution >= 0.6 is 0 Å². The highest BCUT2D eigenvalue weighted by Crippen LogP contribution is 2.40. The number of para-hydroxylation sites is 1. The number of phenolic OH excluding ortho intramolecular Hbond substituents is 1. The molecule has 6 rings (SSSR count). The van der Waals surface area contributed by atoms with E-state index in [4.69, 9.17) is 10.5 Å². The molecule has 180 valence electrons. The molecular formula is C26H28N6O3. The molecule has 2 aromatic heterocycles. The molecule has 4 heterocycles. The van der Waals surface area contributed by atoms with E-state index in [1.807, 2.05) is 30.3 Å². The summed E-state index contributed by atoms with van der Waals surface area (Å²) in [5.41, 5.74) is 9.47. The molecule has 3 aliphatic rings. The number of anilines is 3. The van der Waals surface area contributed by atoms with Gasteiger partial charge in [-0.3, -0.25) is 0 Å². The van der Waals surface area contributed by atoms with Crippen molar-refractivity contribution in [1.29, 1.82) is 0 Å². The topological polar surface area (TPSA) is 118 Å². The Morgan fingerprint density at radius 3 is 2.57 bits per heavy atom. The van der Waals surface area contributed by atoms with Gasteiger partial charge in [0.15, 0.2) is 5.82 Å². The highest BCUT2D eigenvalue weighted by Gasteiger charge is 2.41. The number of piperazine rings is 1. The predicted molar refractivity (Wildman–Crippen MR) is 132 cm³/mol. The average molecular weight is 473 g/mol. The van der Waals surface area contributed by atoms with Crippen LogP contribution in [0.4, 0.5) is 17.2 Å². The molecule has 35 heavy (non-hydrogen) atoms. The number of rotatable bonds is 6. The molecule has 3 fully saturated rings. The van der Waals surface area contributed by atoms with Crippen LogP contribution in [0.2, 0.25) is 0 Å². The van der Waals surface area contributed by atoms with Crippen LogP contribution in [0.3, 0.4) is 0 Å². The highest BCUT2D eigenvalue weighted by atomic mass is 16.5. The molecule has 3 N–H and O–H groups in total. The van der Waals surface area contributed by atoms with Gasteiger partial charge in [-0.05, 0) is 49.9 Å². The van der Waals surface area contributed by atoms with Crippen molar-refractivity contribution < 1.29 is 14.6 Å². The van der Waals surface area contributed by atoms with Crippen LogP contribution in [0.25, 0.3) is 11.3 Å². The Balaban J connectivity index is 1.21. The fraction of sp³-hybridized carbons (Fsp3) is 0.385. The van der Waals surface area contributed by atoms with Crippen LogP contribution in [-0.4, -0.2) is 57.9 Å². The summed E-state index contributed by atoms with van der Waals surface area (Å²) < 4.78 is 6.02. The van der Waals surface area contributed by atoms with Crippen molar-refractivity contribution in [2.45, 2.75) is 43.9 Å². The lowest BCUT2D eigenvalue weighted by atomic mass is 9.83. The summed E-state index contributed by atoms with van der Waals surface area (Å²) in [6.07, 6.45) is 6.60. The first-order valence-electron chi connectivity index (χ1n) is 12.1. The number of aromatic hydroxyl groups is 1. The summed E-state index contributed by atoms with van der Waals surface area (Å²) in [6, 6.07) is 13.8. The molecule has 2 unspecified atom stereocenters. The Labute approximate surface area is 203 Å². The first kappa shape index (κ1) is 21.6. The quantitative estimate of drug-likeness (QED) is 0.522. The number of hydrogen-bond donors (Lipinski definition) is 2. The van der Waals surface area contributed by atoms with Crippen LogP contribution < -0.4 is 20.3 Å². The molecule has 1 aromatic carbocycles. The minimum atomic E-state index is 0.0712. The van der Waals surface area contributed by atoms with Crippen molar-refractivity contribution in [3.05, 3.63) is 48.7 Å². The first-order valence-corrected chi connectivity index (χ1v) is 12.1. The van der Waals surface area contributed by atoms with Gasteiger partial charge in [-0.15, -0.1) is 10.2 Å². The normalized spacial score (nSPS) is 25.3. The number of carbonyl (C=O) groups is 1. The van der Waals surface area contributed by atoms with Crippen LogP contribution in [-0.2, 0) is 4.79 Å². The first-order chi connectivity index (χ1) is 17.1. The maximum Gasteiger partial charge on any atom is 0.215 e. The summed E-state index contributed by atoms with van der Waals surface area (Å²) in [6.45, 7) is 1.63. The van der Waals surface area contributed by atoms with Gasteiger partial charge in [-0.25, -0.2) is 4.98 Å². The van der Waals surface area contributed by atoms with Gasteiger partial charge >= 0.3 is 0 Å². The van der Waals surface area contributed by atoms with Crippen molar-refractivity contribution in [3.63, 3.8) is 0 Å². The fourth-order valence-electron chi connectivity index (χ4n) is 5.60. The minimum Gasteiger partial charge on any atom is -0.507 e. The smallest absolute Gasteiger partial charge is 0.215 e. The Morgan fingerprint density at radius 2 is 1.83 bits per heavy atom. The second-order valence-corrected chi connectivity index (χ2v) is 9.67. The lowest BCUT2D eigenvalue weighted by molar-refractivity contribution is -0.116. The number of phenols is 1. The maximum absolute atomic E-state index is 10.9. The van der Waals surface area contributed by atoms with E-state index in [0.717, 1.165) is 56.4 Å². The van der Waals surface area contributed by atoms with Crippen molar-refractivity contribution in [3.8, 4) is 22.9 Å². The number of ether oxygens (including phenoxy) is 1. The van der Waals surface area contributed by atoms with E-state index in [1.54, 1.807) is 18.3 Å². The van der Waals surface area contributed by atoms with Crippen LogP contribution in [0.15, 0.2) is 48.7 Å². The number of pyridine rings is 1. The molecule has 0 amide bonds. The number of aldehydes is 1. The van der Waals surface area contributed by atoms with Crippen molar-refractivity contribution in [1.82, 2.24) is 15.2 Å². The largest absolute Gasteiger partial charge is 0.507 e. The second-order valence-electron chi connectivity index (χ2n) is 9.67. The molecule has 0 radical (unpaired) electrons. The zero-order valence-corrected chi connectivity index (χ0v) is 19.3. The molecule has 0 spiro atoms. The number of carbonyl (C=O) groups excluding carboxylic acids is 1. The Hall–Kier alpha value is -3.88. The molecule has 1 aliphatic carbocycles. The Morgan fingerprint density at radius 1 is 1.06 bits per heavy atom. The molecule has 3 aromatic rings. The van der Waals surface area contributed by atoms with Crippen molar-refractivity contribution >= 4 is 23.5 Å². The molecule has 1 saturated carbocycles. The number of nitrogen functional groups attached to an aromatic ring is 1. The van der Waals surface area contributed by atoms with Crippen LogP contribution in [0.5, 0.6) is 11.6 Å². The average Bonchev–Trinajstić information content (AvgIpc) is 3.11. The van der Waals surface area contributed by atoms with Gasteiger partial charge in [0.1, 0.15) is 18.1 Å². The highest BCUT2D eigenvalue weighted by molar-refractivity contribution is 5.74. The van der Waals surface area contributed by atoms with Gasteiger partial charge in [0.25, 0.3) is 0 Å². The van der Waals surface area contributed by atoms with Crippen LogP contribution in [0.1, 0.15) is 25.7 Å². The SMILES string of the molecule is Nc1nnc(-c2ccccc2O)cc1N1CC2CCC(C1)N2c1ccnc(OC2CC(C=O)C2)c1. The molecule has 2 aliphatic heterocycles. The fourth-order valence-corrected chi connectivity index (χ4v) is 5.60. The minimum absolute atomic E-state index is 0.0712. The summed E-state index contributed by atoms with van der Waals surface area (Å²) in [5.74, 6) is 1.30. The Bertz CT molecular complexity index is 1230. The summed E-state index contributed by atoms with van der Waals surface area (Å²) in [4.78, 5) is 20.0. The van der Waals surface area contributed by atoms with Gasteiger partial charge in [0.05, 0.1) is 11.4 Å². The third-order valence-corrected chi connectivity index (χ3v) is 7.43. The van der Waals surface area contributed by atoms with Gasteiger partial charge in [0.2, 0.25) is 5.88 Å². The van der Waals surface area contributed by atoms with E-state index in [0.29, 0.717) is 35.0 Å². The lowest BCUT2D eigenvalue weighted by Gasteiger charge is -2.43. The monoisotopic (exact) mass is 472 g/mol. The van der Waals surface area contributed by atoms with E-state index < -0.39 is 0 Å². The zero-order chi connectivity index (χ0) is 23.9. The van der Waals surface area contributed by atoms with E-state index in [2.05, 4.69) is 25.0 Å². The summed E-state index contributed by atoms with van der Waals surface area (Å²) in [7, 11) is 0. The number of fused-ring (bicyclic) bond motifs is 2. The Kier molecular flexibility index (Phi) is 5.39. The van der Waals surface area contributed by atoms with Gasteiger partial charge < -0.3 is 30.2 Å². The van der Waals surface area contributed by atoms with Crippen molar-refractivity contribution in [2.24, 2.45) is 5.92 Å². The number of nitrogens with zero attached hydrogens (tertiary/aromatic N) is 5. The lowest BCUT2D eigenvalue weighted by Crippen LogP contribution is -2.54. The van der Waals surface area contributed by atoms with E-state index in [1.165, 1.54) is 0 Å². The number of nitrogens with two attached hydrogens (primary N) is 1. The van der Waals surface area contributed by atoms with Gasteiger partial charge in [-0.2, -0.15) is 0 Å². The maximum atomic E-state index is 10.9. The number of benzene rings is 1. The number of hydrogen-bond acceptors (Lipinski definition) is 9. The van der Waals surface area contributed by atoms with E-state index >= 15 is 0 Å². The molecular weight excluding hydrogens is 444 g/mol. The van der Waals surface area contributed by atoms with Crippen LogP contribution in [0, 0.1) is 5.92 Å². The van der Waals surface area contributed by atoms with Gasteiger partial charge in [-0.1, -0.05) is 12.1 Å². The number of aromatic nitrogens is 3. The zero-order valence-electron chi connectivity index (χ0n) is 19.3. The molecule has 2 atom stereocenters. The molecule has 9 heteroatoms. The van der Waals surface area contributed by atoms with E-state index in [9.17, 15) is 9.90 Å². The third-order valence-electron chi connectivity index (χ3n) is 7.43. The second kappa shape index (κ2) is 8.72. The molecule has 2 saturated heterocycles. The third kappa shape index (κ3) is 4.00. The summed E-state index contributed by atoms with van der Waals surface area (Å²) >= 11 is 0. The van der Waals surface area contributed by atoms with E-state index in [-0.39, 0.29) is 17.8 Å². The summed E-state index contributed by atoms with van der Waals surface area (Å²) in [5, 5.41) is 18.7.